The lowest BCUT2D eigenvalue weighted by molar-refractivity contribution is 0.0924. The second kappa shape index (κ2) is 10.0. The van der Waals surface area contributed by atoms with E-state index in [4.69, 9.17) is 16.3 Å². The van der Waals surface area contributed by atoms with Crippen molar-refractivity contribution in [1.29, 1.82) is 0 Å². The second-order valence-corrected chi connectivity index (χ2v) is 7.25. The summed E-state index contributed by atoms with van der Waals surface area (Å²) >= 11 is 6.26. The lowest BCUT2D eigenvalue weighted by Crippen LogP contribution is -2.43. The molecule has 1 aliphatic heterocycles. The molecule has 2 aromatic rings. The largest absolute Gasteiger partial charge is 0.496 e. The van der Waals surface area contributed by atoms with Crippen LogP contribution in [0.25, 0.3) is 0 Å². The first-order valence-corrected chi connectivity index (χ1v) is 9.55. The highest BCUT2D eigenvalue weighted by Crippen LogP contribution is 2.31. The normalized spacial score (nSPS) is 19.0. The number of nitrogens with one attached hydrogen (secondary N) is 2. The van der Waals surface area contributed by atoms with E-state index in [1.165, 1.54) is 5.56 Å². The maximum Gasteiger partial charge on any atom is 0.255 e. The molecule has 2 atom stereocenters. The van der Waals surface area contributed by atoms with E-state index < -0.39 is 0 Å². The highest BCUT2D eigenvalue weighted by atomic mass is 35.5. The van der Waals surface area contributed by atoms with Gasteiger partial charge in [0.05, 0.1) is 23.4 Å². The average molecular weight is 424 g/mol. The average Bonchev–Trinajstić information content (AvgIpc) is 3.02. The molecular formula is C21H27Cl2N3O2. The smallest absolute Gasteiger partial charge is 0.255 e. The molecule has 0 saturated carbocycles. The van der Waals surface area contributed by atoms with Gasteiger partial charge >= 0.3 is 0 Å². The number of likely N-dealkylation sites (tertiary alicyclic amines) is 1. The maximum absolute atomic E-state index is 12.9. The monoisotopic (exact) mass is 423 g/mol. The van der Waals surface area contributed by atoms with Crippen molar-refractivity contribution in [1.82, 2.24) is 10.2 Å². The number of anilines is 1. The van der Waals surface area contributed by atoms with Gasteiger partial charge < -0.3 is 15.4 Å². The van der Waals surface area contributed by atoms with Crippen molar-refractivity contribution >= 4 is 35.6 Å². The molecule has 0 aromatic heterocycles. The Morgan fingerprint density at radius 1 is 1.29 bits per heavy atom. The van der Waals surface area contributed by atoms with Gasteiger partial charge in [-0.25, -0.2) is 0 Å². The number of rotatable bonds is 6. The fourth-order valence-electron chi connectivity index (χ4n) is 3.58. The summed E-state index contributed by atoms with van der Waals surface area (Å²) in [7, 11) is 3.33. The molecule has 5 nitrogen and oxygen atoms in total. The van der Waals surface area contributed by atoms with Crippen LogP contribution in [0.5, 0.6) is 5.75 Å². The van der Waals surface area contributed by atoms with Crippen LogP contribution < -0.4 is 15.4 Å². The lowest BCUT2D eigenvalue weighted by atomic mass is 10.1. The number of carbonyl (C=O) groups excluding carboxylic acids is 1. The minimum absolute atomic E-state index is 0. The molecule has 1 amide bonds. The Balaban J connectivity index is 0.00000280. The molecule has 0 spiro atoms. The zero-order valence-electron chi connectivity index (χ0n) is 16.4. The fraction of sp³-hybridized carbons (Fsp3) is 0.381. The number of carbonyl (C=O) groups is 1. The highest BCUT2D eigenvalue weighted by Gasteiger charge is 2.32. The zero-order valence-corrected chi connectivity index (χ0v) is 17.9. The number of amides is 1. The molecule has 0 aliphatic carbocycles. The van der Waals surface area contributed by atoms with E-state index in [2.05, 4.69) is 46.7 Å². The Morgan fingerprint density at radius 3 is 2.64 bits per heavy atom. The van der Waals surface area contributed by atoms with Gasteiger partial charge in [0, 0.05) is 38.3 Å². The molecule has 1 saturated heterocycles. The minimum Gasteiger partial charge on any atom is -0.496 e. The third-order valence-electron chi connectivity index (χ3n) is 5.23. The van der Waals surface area contributed by atoms with Crippen molar-refractivity contribution < 1.29 is 9.53 Å². The third kappa shape index (κ3) is 4.90. The van der Waals surface area contributed by atoms with Gasteiger partial charge in [-0.15, -0.1) is 12.4 Å². The maximum atomic E-state index is 12.9. The van der Waals surface area contributed by atoms with Gasteiger partial charge in [0.15, 0.2) is 0 Å². The van der Waals surface area contributed by atoms with Crippen molar-refractivity contribution in [3.8, 4) is 5.75 Å². The summed E-state index contributed by atoms with van der Waals surface area (Å²) in [6.07, 6.45) is 0.921. The van der Waals surface area contributed by atoms with Crippen LogP contribution in [0.4, 0.5) is 5.69 Å². The Labute approximate surface area is 177 Å². The number of nitrogens with zero attached hydrogens (tertiary/aromatic N) is 1. The van der Waals surface area contributed by atoms with Gasteiger partial charge in [0.25, 0.3) is 5.91 Å². The fourth-order valence-corrected chi connectivity index (χ4v) is 3.83. The molecule has 152 valence electrons. The van der Waals surface area contributed by atoms with Crippen molar-refractivity contribution in [2.75, 3.05) is 26.0 Å². The van der Waals surface area contributed by atoms with Crippen LogP contribution >= 0.6 is 24.0 Å². The van der Waals surface area contributed by atoms with Crippen LogP contribution in [0.1, 0.15) is 29.3 Å². The van der Waals surface area contributed by atoms with Gasteiger partial charge in [0.2, 0.25) is 0 Å². The van der Waals surface area contributed by atoms with Gasteiger partial charge in [0.1, 0.15) is 5.75 Å². The number of ether oxygens (including phenoxy) is 1. The minimum atomic E-state index is -0.158. The first-order chi connectivity index (χ1) is 13.0. The molecule has 28 heavy (non-hydrogen) atoms. The number of benzene rings is 2. The van der Waals surface area contributed by atoms with Gasteiger partial charge in [-0.2, -0.15) is 0 Å². The topological polar surface area (TPSA) is 53.6 Å². The van der Waals surface area contributed by atoms with Crippen molar-refractivity contribution in [3.63, 3.8) is 0 Å². The Bertz CT molecular complexity index is 802. The molecule has 2 aromatic carbocycles. The summed E-state index contributed by atoms with van der Waals surface area (Å²) < 4.78 is 5.39. The Kier molecular flexibility index (Phi) is 7.98. The van der Waals surface area contributed by atoms with E-state index in [1.54, 1.807) is 26.3 Å². The number of hydrogen-bond donors (Lipinski definition) is 2. The van der Waals surface area contributed by atoms with Gasteiger partial charge in [-0.05, 0) is 25.0 Å². The van der Waals surface area contributed by atoms with Crippen molar-refractivity contribution in [2.45, 2.75) is 32.0 Å². The first kappa shape index (κ1) is 22.3. The number of methoxy groups -OCH3 is 1. The number of hydrogen-bond acceptors (Lipinski definition) is 4. The number of halogens is 2. The molecule has 0 unspecified atom stereocenters. The molecule has 1 heterocycles. The second-order valence-electron chi connectivity index (χ2n) is 6.85. The van der Waals surface area contributed by atoms with Gasteiger partial charge in [-0.1, -0.05) is 41.9 Å². The van der Waals surface area contributed by atoms with E-state index in [0.29, 0.717) is 16.3 Å². The predicted molar refractivity (Wildman–Crippen MR) is 117 cm³/mol. The van der Waals surface area contributed by atoms with E-state index in [0.717, 1.165) is 25.2 Å². The summed E-state index contributed by atoms with van der Waals surface area (Å²) in [5.41, 5.74) is 2.47. The molecule has 7 heteroatoms. The zero-order chi connectivity index (χ0) is 19.4. The first-order valence-electron chi connectivity index (χ1n) is 9.17. The molecule has 3 rings (SSSR count). The van der Waals surface area contributed by atoms with E-state index in [1.807, 2.05) is 6.07 Å². The Morgan fingerprint density at radius 2 is 2.00 bits per heavy atom. The van der Waals surface area contributed by atoms with Gasteiger partial charge in [-0.3, -0.25) is 9.69 Å². The summed E-state index contributed by atoms with van der Waals surface area (Å²) in [5.74, 6) is 0.350. The summed E-state index contributed by atoms with van der Waals surface area (Å²) in [6.45, 7) is 4.01. The van der Waals surface area contributed by atoms with Crippen molar-refractivity contribution in [2.24, 2.45) is 0 Å². The molecule has 0 bridgehead atoms. The van der Waals surface area contributed by atoms with Crippen LogP contribution in [0.3, 0.4) is 0 Å². The van der Waals surface area contributed by atoms with Crippen LogP contribution in [0, 0.1) is 0 Å². The quantitative estimate of drug-likeness (QED) is 0.730. The molecule has 0 radical (unpaired) electrons. The summed E-state index contributed by atoms with van der Waals surface area (Å²) in [4.78, 5) is 15.3. The van der Waals surface area contributed by atoms with Crippen LogP contribution in [-0.2, 0) is 6.54 Å². The van der Waals surface area contributed by atoms with Crippen molar-refractivity contribution in [3.05, 3.63) is 58.6 Å². The predicted octanol–water partition coefficient (Wildman–Crippen LogP) is 4.20. The molecule has 2 N–H and O–H groups in total. The lowest BCUT2D eigenvalue weighted by Gasteiger charge is -2.25. The van der Waals surface area contributed by atoms with E-state index >= 15 is 0 Å². The third-order valence-corrected chi connectivity index (χ3v) is 5.55. The summed E-state index contributed by atoms with van der Waals surface area (Å²) in [6, 6.07) is 14.2. The standard InChI is InChI=1S/C21H26ClN3O2.ClH/c1-14-18(9-10-25(14)13-15-7-5-4-6-8-15)24-21(26)16-11-17(22)19(23-2)12-20(16)27-3;/h4-8,11-12,14,18,23H,9-10,13H2,1-3H3,(H,24,26);1H/t14-,18-;/m1./s1. The summed E-state index contributed by atoms with van der Waals surface area (Å²) in [5, 5.41) is 6.65. The molecule has 1 aliphatic rings. The molecular weight excluding hydrogens is 397 g/mol. The molecule has 1 fully saturated rings. The van der Waals surface area contributed by atoms with Crippen LogP contribution in [0.15, 0.2) is 42.5 Å². The highest BCUT2D eigenvalue weighted by molar-refractivity contribution is 6.33. The SMILES string of the molecule is CNc1cc(OC)c(C(=O)N[C@@H]2CCN(Cc3ccccc3)[C@@H]2C)cc1Cl.Cl. The van der Waals surface area contributed by atoms with Crippen LogP contribution in [-0.4, -0.2) is 43.6 Å². The van der Waals surface area contributed by atoms with E-state index in [-0.39, 0.29) is 30.4 Å². The van der Waals surface area contributed by atoms with E-state index in [9.17, 15) is 4.79 Å². The van der Waals surface area contributed by atoms with Crippen LogP contribution in [0.2, 0.25) is 5.02 Å². The Hall–Kier alpha value is -1.95.